The fourth-order valence-corrected chi connectivity index (χ4v) is 5.59. The maximum Gasteiger partial charge on any atom is 0.205 e. The highest BCUT2D eigenvalue weighted by Gasteiger charge is 2.24. The van der Waals surface area contributed by atoms with Gasteiger partial charge in [-0.2, -0.15) is 5.21 Å². The molecule has 1 unspecified atom stereocenters. The molecule has 0 aliphatic rings. The van der Waals surface area contributed by atoms with Crippen LogP contribution in [0.2, 0.25) is 5.15 Å². The second-order valence-electron chi connectivity index (χ2n) is 10.5. The predicted molar refractivity (Wildman–Crippen MR) is 167 cm³/mol. The monoisotopic (exact) mass is 583 g/mol. The Labute approximate surface area is 252 Å². The van der Waals surface area contributed by atoms with Crippen LogP contribution in [0.1, 0.15) is 67.9 Å². The van der Waals surface area contributed by atoms with Gasteiger partial charge in [0, 0.05) is 25.1 Å². The summed E-state index contributed by atoms with van der Waals surface area (Å²) in [6.07, 6.45) is 1.95. The topological polar surface area (TPSA) is 95.8 Å². The molecule has 42 heavy (non-hydrogen) atoms. The van der Waals surface area contributed by atoms with E-state index in [0.717, 1.165) is 72.5 Å². The molecule has 1 atom stereocenters. The number of aromatic amines is 1. The fourth-order valence-electron chi connectivity index (χ4n) is 5.29. The molecule has 0 saturated carbocycles. The lowest BCUT2D eigenvalue weighted by Gasteiger charge is -2.19. The lowest BCUT2D eigenvalue weighted by Crippen LogP contribution is -2.22. The summed E-state index contributed by atoms with van der Waals surface area (Å²) in [6.45, 7) is 9.95. The SMILES string of the molecule is CCCCc1nc(Cl)c(C(O)c2ccc(CN(CC)CC)cc2)n1Cc1ccc(-c2ccccc2-c2nn[nH]n2)cc1. The van der Waals surface area contributed by atoms with Crippen LogP contribution in [0.5, 0.6) is 0 Å². The highest BCUT2D eigenvalue weighted by atomic mass is 35.5. The molecule has 218 valence electrons. The van der Waals surface area contributed by atoms with Gasteiger partial charge in [0.05, 0.1) is 5.69 Å². The molecule has 0 radical (unpaired) electrons. The Morgan fingerprint density at radius 1 is 0.905 bits per heavy atom. The number of hydrogen-bond donors (Lipinski definition) is 2. The third kappa shape index (κ3) is 6.62. The molecule has 0 fully saturated rings. The van der Waals surface area contributed by atoms with Gasteiger partial charge >= 0.3 is 0 Å². The van der Waals surface area contributed by atoms with E-state index < -0.39 is 6.10 Å². The molecule has 2 N–H and O–H groups in total. The van der Waals surface area contributed by atoms with Crippen molar-refractivity contribution in [3.63, 3.8) is 0 Å². The Morgan fingerprint density at radius 2 is 1.60 bits per heavy atom. The number of aliphatic hydroxyl groups is 1. The number of nitrogens with one attached hydrogen (secondary N) is 1. The first-order chi connectivity index (χ1) is 20.5. The van der Waals surface area contributed by atoms with Crippen LogP contribution in [0, 0.1) is 0 Å². The molecule has 9 heteroatoms. The average molecular weight is 584 g/mol. The number of imidazole rings is 1. The van der Waals surface area contributed by atoms with Gasteiger partial charge in [0.15, 0.2) is 5.15 Å². The second kappa shape index (κ2) is 13.9. The smallest absolute Gasteiger partial charge is 0.205 e. The van der Waals surface area contributed by atoms with Gasteiger partial charge in [0.25, 0.3) is 0 Å². The summed E-state index contributed by atoms with van der Waals surface area (Å²) in [5, 5.41) is 26.5. The number of hydrogen-bond acceptors (Lipinski definition) is 6. The minimum atomic E-state index is -0.885. The maximum atomic E-state index is 11.6. The summed E-state index contributed by atoms with van der Waals surface area (Å²) in [7, 11) is 0. The molecule has 0 saturated heterocycles. The van der Waals surface area contributed by atoms with E-state index >= 15 is 0 Å². The Morgan fingerprint density at radius 3 is 2.24 bits per heavy atom. The molecular formula is C33H38ClN7O. The van der Waals surface area contributed by atoms with Crippen molar-refractivity contribution in [1.29, 1.82) is 0 Å². The molecule has 5 rings (SSSR count). The Kier molecular flexibility index (Phi) is 9.79. The van der Waals surface area contributed by atoms with E-state index in [0.29, 0.717) is 23.2 Å². The second-order valence-corrected chi connectivity index (χ2v) is 10.8. The number of unbranched alkanes of at least 4 members (excludes halogenated alkanes) is 1. The molecule has 0 aliphatic carbocycles. The van der Waals surface area contributed by atoms with Crippen LogP contribution in [0.3, 0.4) is 0 Å². The number of halogens is 1. The Balaban J connectivity index is 1.42. The molecule has 0 aliphatic heterocycles. The largest absolute Gasteiger partial charge is 0.382 e. The first-order valence-electron chi connectivity index (χ1n) is 14.7. The van der Waals surface area contributed by atoms with Crippen LogP contribution >= 0.6 is 11.6 Å². The molecule has 2 aromatic heterocycles. The Bertz CT molecular complexity index is 1560. The van der Waals surface area contributed by atoms with E-state index in [1.54, 1.807) is 0 Å². The molecule has 3 aromatic carbocycles. The third-order valence-corrected chi connectivity index (χ3v) is 8.05. The van der Waals surface area contributed by atoms with Gasteiger partial charge in [-0.1, -0.05) is 112 Å². The number of rotatable bonds is 13. The minimum absolute atomic E-state index is 0.353. The molecule has 0 bridgehead atoms. The third-order valence-electron chi connectivity index (χ3n) is 7.77. The summed E-state index contributed by atoms with van der Waals surface area (Å²) in [4.78, 5) is 7.08. The molecular weight excluding hydrogens is 546 g/mol. The highest BCUT2D eigenvalue weighted by molar-refractivity contribution is 6.30. The van der Waals surface area contributed by atoms with Gasteiger partial charge in [0.2, 0.25) is 5.82 Å². The number of aromatic nitrogens is 6. The predicted octanol–water partition coefficient (Wildman–Crippen LogP) is 6.70. The summed E-state index contributed by atoms with van der Waals surface area (Å²) in [5.74, 6) is 1.45. The van der Waals surface area contributed by atoms with E-state index in [9.17, 15) is 5.11 Å². The van der Waals surface area contributed by atoms with Crippen molar-refractivity contribution < 1.29 is 5.11 Å². The number of aryl methyl sites for hydroxylation is 1. The fraction of sp³-hybridized carbons (Fsp3) is 0.333. The van der Waals surface area contributed by atoms with E-state index in [-0.39, 0.29) is 0 Å². The van der Waals surface area contributed by atoms with Crippen LogP contribution < -0.4 is 0 Å². The number of nitrogens with zero attached hydrogens (tertiary/aromatic N) is 6. The average Bonchev–Trinajstić information content (AvgIpc) is 3.67. The van der Waals surface area contributed by atoms with Crippen LogP contribution in [0.25, 0.3) is 22.5 Å². The molecule has 2 heterocycles. The van der Waals surface area contributed by atoms with Gasteiger partial charge in [0.1, 0.15) is 11.9 Å². The van der Waals surface area contributed by atoms with Crippen molar-refractivity contribution in [2.45, 2.75) is 59.2 Å². The standard InChI is InChI=1S/C33H38ClN7O/c1-4-7-12-29-35-32(34)30(31(42)26-19-15-23(16-20-26)21-40(5-2)6-3)41(29)22-24-13-17-25(18-14-24)27-10-8-9-11-28(27)33-36-38-39-37-33/h8-11,13-20,31,42H,4-7,12,21-22H2,1-3H3,(H,36,37,38,39). The van der Waals surface area contributed by atoms with Crippen molar-refractivity contribution >= 4 is 11.6 Å². The van der Waals surface area contributed by atoms with Crippen LogP contribution in [0.15, 0.2) is 72.8 Å². The van der Waals surface area contributed by atoms with Gasteiger partial charge < -0.3 is 9.67 Å². The first-order valence-corrected chi connectivity index (χ1v) is 15.1. The molecule has 0 spiro atoms. The highest BCUT2D eigenvalue weighted by Crippen LogP contribution is 2.33. The number of benzene rings is 3. The van der Waals surface area contributed by atoms with E-state index in [4.69, 9.17) is 16.6 Å². The summed E-state index contributed by atoms with van der Waals surface area (Å²) in [6, 6.07) is 24.6. The van der Waals surface area contributed by atoms with Crippen molar-refractivity contribution in [2.75, 3.05) is 13.1 Å². The summed E-state index contributed by atoms with van der Waals surface area (Å²) < 4.78 is 2.09. The van der Waals surface area contributed by atoms with E-state index in [1.165, 1.54) is 5.56 Å². The van der Waals surface area contributed by atoms with Gasteiger partial charge in [-0.15, -0.1) is 10.2 Å². The first kappa shape index (κ1) is 29.6. The molecule has 8 nitrogen and oxygen atoms in total. The Hall–Kier alpha value is -3.85. The van der Waals surface area contributed by atoms with Gasteiger partial charge in [-0.05, 0) is 52.5 Å². The summed E-state index contributed by atoms with van der Waals surface area (Å²) in [5.41, 5.74) is 6.74. The van der Waals surface area contributed by atoms with Crippen LogP contribution in [-0.2, 0) is 19.5 Å². The zero-order valence-electron chi connectivity index (χ0n) is 24.5. The van der Waals surface area contributed by atoms with Crippen molar-refractivity contribution in [1.82, 2.24) is 35.1 Å². The van der Waals surface area contributed by atoms with Crippen LogP contribution in [0.4, 0.5) is 0 Å². The zero-order chi connectivity index (χ0) is 29.5. The molecule has 5 aromatic rings. The summed E-state index contributed by atoms with van der Waals surface area (Å²) >= 11 is 6.73. The van der Waals surface area contributed by atoms with Gasteiger partial charge in [-0.25, -0.2) is 4.98 Å². The van der Waals surface area contributed by atoms with Gasteiger partial charge in [-0.3, -0.25) is 4.90 Å². The lowest BCUT2D eigenvalue weighted by atomic mass is 9.98. The lowest BCUT2D eigenvalue weighted by molar-refractivity contribution is 0.210. The number of aliphatic hydroxyl groups excluding tert-OH is 1. The van der Waals surface area contributed by atoms with E-state index in [2.05, 4.69) is 93.3 Å². The molecule has 0 amide bonds. The normalized spacial score (nSPS) is 12.2. The van der Waals surface area contributed by atoms with Crippen LogP contribution in [-0.4, -0.2) is 53.3 Å². The van der Waals surface area contributed by atoms with Crippen molar-refractivity contribution in [2.24, 2.45) is 0 Å². The zero-order valence-corrected chi connectivity index (χ0v) is 25.2. The van der Waals surface area contributed by atoms with Crippen molar-refractivity contribution in [3.05, 3.63) is 106 Å². The van der Waals surface area contributed by atoms with Crippen molar-refractivity contribution in [3.8, 4) is 22.5 Å². The quantitative estimate of drug-likeness (QED) is 0.160. The van der Waals surface area contributed by atoms with E-state index in [1.807, 2.05) is 30.3 Å². The number of H-pyrrole nitrogens is 1. The number of tetrazole rings is 1. The maximum absolute atomic E-state index is 11.6. The minimum Gasteiger partial charge on any atom is -0.382 e.